The highest BCUT2D eigenvalue weighted by molar-refractivity contribution is 7.53. The molecule has 1 unspecified atom stereocenters. The number of aliphatic hydroxyl groups is 1. The molecule has 0 amide bonds. The molecule has 0 aromatic heterocycles. The number of rotatable bonds is 18. The Morgan fingerprint density at radius 2 is 1.17 bits per heavy atom. The van der Waals surface area contributed by atoms with E-state index in [-0.39, 0.29) is 13.0 Å². The molecule has 0 aliphatic rings. The molecule has 0 heterocycles. The summed E-state index contributed by atoms with van der Waals surface area (Å²) in [7, 11) is 0.933. The number of quaternary nitrogens is 1. The Hall–Kier alpha value is -0.450. The molecule has 0 aromatic carbocycles. The van der Waals surface area contributed by atoms with Gasteiger partial charge in [0.15, 0.2) is 0 Å². The molecule has 0 rings (SSSR count). The van der Waals surface area contributed by atoms with E-state index in [1.807, 2.05) is 21.1 Å². The van der Waals surface area contributed by atoms with Gasteiger partial charge in [0, 0.05) is 0 Å². The van der Waals surface area contributed by atoms with E-state index >= 15 is 0 Å². The molecule has 0 aliphatic heterocycles. The van der Waals surface area contributed by atoms with Gasteiger partial charge < -0.3 is 19.4 Å². The highest BCUT2D eigenvalue weighted by Gasteiger charge is 2.48. The molecular weight excluding hydrogens is 385 g/mol. The Morgan fingerprint density at radius 3 is 1.55 bits per heavy atom. The van der Waals surface area contributed by atoms with E-state index in [0.717, 1.165) is 25.7 Å². The second-order valence-electron chi connectivity index (χ2n) is 9.30. The molecule has 0 bridgehead atoms. The Kier molecular flexibility index (Phi) is 15.1. The average molecular weight is 433 g/mol. The Balaban J connectivity index is 3.81. The van der Waals surface area contributed by atoms with Crippen molar-refractivity contribution in [1.82, 2.24) is 0 Å². The van der Waals surface area contributed by atoms with Crippen LogP contribution in [0, 0.1) is 0 Å². The number of allylic oxidation sites excluding steroid dienone is 4. The molecule has 0 aliphatic carbocycles. The van der Waals surface area contributed by atoms with Crippen molar-refractivity contribution in [2.24, 2.45) is 0 Å². The third kappa shape index (κ3) is 16.0. The fourth-order valence-corrected chi connectivity index (χ4v) is 4.49. The zero-order valence-corrected chi connectivity index (χ0v) is 20.2. The lowest BCUT2D eigenvalue weighted by Gasteiger charge is -2.35. The number of unbranched alkanes of at least 4 members (excludes halogenated alkanes) is 9. The first-order valence-electron chi connectivity index (χ1n) is 11.4. The van der Waals surface area contributed by atoms with Crippen molar-refractivity contribution >= 4 is 7.60 Å². The molecule has 5 nitrogen and oxygen atoms in total. The van der Waals surface area contributed by atoms with Crippen molar-refractivity contribution in [2.45, 2.75) is 95.7 Å². The van der Waals surface area contributed by atoms with Crippen molar-refractivity contribution < 1.29 is 23.9 Å². The van der Waals surface area contributed by atoms with Crippen LogP contribution in [-0.4, -0.2) is 52.4 Å². The summed E-state index contributed by atoms with van der Waals surface area (Å²) >= 11 is 0. The number of hydrogen-bond acceptors (Lipinski definition) is 2. The standard InChI is InChI=1S/C23H46NO4P/c1-5-6-7-8-9-10-11-12-13-14-15-16-17-18-19-20-21-23(25,29(26,27)28)22-24(2,3)4/h9-10,15-16,25H,5-8,11-14,17-22H2,1-4H3,(H-,26,27,28)/p+1/b10-9-,16-15-. The average Bonchev–Trinajstić information content (AvgIpc) is 2.59. The van der Waals surface area contributed by atoms with Crippen LogP contribution in [0.1, 0.15) is 90.4 Å². The maximum absolute atomic E-state index is 11.7. The van der Waals surface area contributed by atoms with Crippen LogP contribution in [0.25, 0.3) is 0 Å². The lowest BCUT2D eigenvalue weighted by atomic mass is 10.1. The van der Waals surface area contributed by atoms with Gasteiger partial charge in [-0.2, -0.15) is 0 Å². The van der Waals surface area contributed by atoms with Gasteiger partial charge in [0.05, 0.1) is 21.1 Å². The highest BCUT2D eigenvalue weighted by Crippen LogP contribution is 2.52. The number of likely N-dealkylation sites (N-methyl/N-ethyl adjacent to an activating group) is 1. The highest BCUT2D eigenvalue weighted by atomic mass is 31.2. The van der Waals surface area contributed by atoms with E-state index in [0.29, 0.717) is 10.9 Å². The lowest BCUT2D eigenvalue weighted by Crippen LogP contribution is -2.49. The van der Waals surface area contributed by atoms with E-state index in [4.69, 9.17) is 0 Å². The maximum atomic E-state index is 11.7. The van der Waals surface area contributed by atoms with Crippen LogP contribution in [0.4, 0.5) is 0 Å². The van der Waals surface area contributed by atoms with E-state index in [2.05, 4.69) is 31.2 Å². The van der Waals surface area contributed by atoms with Crippen molar-refractivity contribution in [3.05, 3.63) is 24.3 Å². The van der Waals surface area contributed by atoms with Crippen molar-refractivity contribution in [3.63, 3.8) is 0 Å². The molecule has 0 spiro atoms. The van der Waals surface area contributed by atoms with E-state index < -0.39 is 12.9 Å². The molecule has 0 saturated heterocycles. The van der Waals surface area contributed by atoms with E-state index in [1.165, 1.54) is 44.9 Å². The molecule has 29 heavy (non-hydrogen) atoms. The SMILES string of the molecule is CCCCC/C=C\CCCC/C=C\CCCCCC(O)(C[N+](C)(C)C)P(=O)(O)O. The third-order valence-electron chi connectivity index (χ3n) is 5.02. The molecule has 0 radical (unpaired) electrons. The first kappa shape index (κ1) is 28.5. The van der Waals surface area contributed by atoms with Gasteiger partial charge in [-0.3, -0.25) is 4.57 Å². The second-order valence-corrected chi connectivity index (χ2v) is 11.2. The van der Waals surface area contributed by atoms with Crippen LogP contribution in [0.15, 0.2) is 24.3 Å². The molecule has 1 atom stereocenters. The van der Waals surface area contributed by atoms with Crippen LogP contribution in [0.5, 0.6) is 0 Å². The molecule has 0 fully saturated rings. The molecule has 172 valence electrons. The monoisotopic (exact) mass is 432 g/mol. The van der Waals surface area contributed by atoms with Crippen molar-refractivity contribution in [1.29, 1.82) is 0 Å². The van der Waals surface area contributed by atoms with Gasteiger partial charge in [-0.15, -0.1) is 0 Å². The third-order valence-corrected chi connectivity index (χ3v) is 6.47. The van der Waals surface area contributed by atoms with Gasteiger partial charge in [-0.05, 0) is 64.2 Å². The van der Waals surface area contributed by atoms with Crippen LogP contribution < -0.4 is 0 Å². The van der Waals surface area contributed by atoms with Crippen LogP contribution >= 0.6 is 7.60 Å². The zero-order valence-electron chi connectivity index (χ0n) is 19.4. The molecule has 0 aromatic rings. The fraction of sp³-hybridized carbons (Fsp3) is 0.826. The summed E-state index contributed by atoms with van der Waals surface area (Å²) in [4.78, 5) is 19.1. The normalized spacial score (nSPS) is 15.4. The molecule has 3 N–H and O–H groups in total. The van der Waals surface area contributed by atoms with Gasteiger partial charge in [-0.25, -0.2) is 0 Å². The Morgan fingerprint density at radius 1 is 0.759 bits per heavy atom. The van der Waals surface area contributed by atoms with E-state index in [9.17, 15) is 19.5 Å². The Labute approximate surface area is 179 Å². The van der Waals surface area contributed by atoms with Crippen molar-refractivity contribution in [3.8, 4) is 0 Å². The first-order valence-corrected chi connectivity index (χ1v) is 13.0. The van der Waals surface area contributed by atoms with Gasteiger partial charge in [0.25, 0.3) is 0 Å². The lowest BCUT2D eigenvalue weighted by molar-refractivity contribution is -0.875. The van der Waals surface area contributed by atoms with Gasteiger partial charge in [0.2, 0.25) is 5.34 Å². The van der Waals surface area contributed by atoms with Crippen LogP contribution in [0.2, 0.25) is 0 Å². The van der Waals surface area contributed by atoms with Crippen LogP contribution in [0.3, 0.4) is 0 Å². The van der Waals surface area contributed by atoms with Gasteiger partial charge in [0.1, 0.15) is 6.54 Å². The minimum Gasteiger partial charge on any atom is -0.373 e. The summed E-state index contributed by atoms with van der Waals surface area (Å²) in [5.74, 6) is 0. The minimum absolute atomic E-state index is 0.0467. The summed E-state index contributed by atoms with van der Waals surface area (Å²) in [5.41, 5.74) is 0. The smallest absolute Gasteiger partial charge is 0.362 e. The number of hydrogen-bond donors (Lipinski definition) is 3. The predicted molar refractivity (Wildman–Crippen MR) is 124 cm³/mol. The number of nitrogens with zero attached hydrogens (tertiary/aromatic N) is 1. The zero-order chi connectivity index (χ0) is 22.2. The minimum atomic E-state index is -4.55. The quantitative estimate of drug-likeness (QED) is 0.111. The molecule has 6 heteroatoms. The largest absolute Gasteiger partial charge is 0.373 e. The van der Waals surface area contributed by atoms with E-state index in [1.54, 1.807) is 0 Å². The van der Waals surface area contributed by atoms with Gasteiger partial charge >= 0.3 is 7.60 Å². The molecular formula is C23H47NO4P+. The topological polar surface area (TPSA) is 77.8 Å². The summed E-state index contributed by atoms with van der Waals surface area (Å²) in [6.45, 7) is 2.28. The summed E-state index contributed by atoms with van der Waals surface area (Å²) in [5, 5.41) is 8.58. The Bertz CT molecular complexity index is 507. The predicted octanol–water partition coefficient (Wildman–Crippen LogP) is 5.76. The second kappa shape index (κ2) is 15.4. The molecule has 0 saturated carbocycles. The van der Waals surface area contributed by atoms with Crippen molar-refractivity contribution in [2.75, 3.05) is 27.7 Å². The fourth-order valence-electron chi connectivity index (χ4n) is 3.43. The first-order chi connectivity index (χ1) is 13.5. The summed E-state index contributed by atoms with van der Waals surface area (Å²) in [6.07, 6.45) is 22.6. The van der Waals surface area contributed by atoms with Gasteiger partial charge in [-0.1, -0.05) is 50.5 Å². The maximum Gasteiger partial charge on any atom is 0.362 e. The summed E-state index contributed by atoms with van der Waals surface area (Å²) in [6, 6.07) is 0. The van der Waals surface area contributed by atoms with Crippen LogP contribution in [-0.2, 0) is 4.57 Å². The summed E-state index contributed by atoms with van der Waals surface area (Å²) < 4.78 is 12.1.